The van der Waals surface area contributed by atoms with E-state index in [0.717, 1.165) is 18.5 Å². The predicted octanol–water partition coefficient (Wildman–Crippen LogP) is 2.22. The quantitative estimate of drug-likeness (QED) is 0.737. The van der Waals surface area contributed by atoms with E-state index in [1.807, 2.05) is 13.1 Å². The van der Waals surface area contributed by atoms with E-state index in [1.165, 1.54) is 11.1 Å². The van der Waals surface area contributed by atoms with Crippen molar-refractivity contribution in [2.45, 2.75) is 25.2 Å². The molecule has 3 rings (SSSR count). The van der Waals surface area contributed by atoms with Crippen molar-refractivity contribution in [2.24, 2.45) is 5.92 Å². The van der Waals surface area contributed by atoms with Crippen LogP contribution < -0.4 is 4.90 Å². The van der Waals surface area contributed by atoms with Crippen LogP contribution in [0.2, 0.25) is 0 Å². The summed E-state index contributed by atoms with van der Waals surface area (Å²) in [4.78, 5) is 13.3. The van der Waals surface area contributed by atoms with Crippen molar-refractivity contribution in [3.63, 3.8) is 0 Å². The van der Waals surface area contributed by atoms with E-state index < -0.39 is 0 Å². The Morgan fingerprint density at radius 2 is 2.24 bits per heavy atom. The van der Waals surface area contributed by atoms with Crippen LogP contribution in [-0.4, -0.2) is 13.0 Å². The van der Waals surface area contributed by atoms with Gasteiger partial charge in [-0.3, -0.25) is 4.79 Å². The number of carbonyl (C=O) groups is 1. The SMILES string of the molecule is CN1C(=O)CCc2cc(C3CC3C#N)ccc21. The molecule has 0 aromatic heterocycles. The molecule has 86 valence electrons. The Bertz CT molecular complexity index is 530. The molecule has 17 heavy (non-hydrogen) atoms. The van der Waals surface area contributed by atoms with E-state index in [1.54, 1.807) is 4.90 Å². The molecule has 1 amide bonds. The Hall–Kier alpha value is -1.82. The maximum atomic E-state index is 11.6. The van der Waals surface area contributed by atoms with Gasteiger partial charge in [-0.2, -0.15) is 5.26 Å². The number of aryl methyl sites for hydroxylation is 1. The topological polar surface area (TPSA) is 44.1 Å². The average molecular weight is 226 g/mol. The molecule has 1 aromatic carbocycles. The van der Waals surface area contributed by atoms with E-state index in [-0.39, 0.29) is 11.8 Å². The third-order valence-corrected chi connectivity index (χ3v) is 3.83. The second-order valence-corrected chi connectivity index (χ2v) is 4.92. The molecule has 2 unspecified atom stereocenters. The summed E-state index contributed by atoms with van der Waals surface area (Å²) in [6, 6.07) is 8.59. The van der Waals surface area contributed by atoms with Crippen molar-refractivity contribution in [1.82, 2.24) is 0 Å². The molecular weight excluding hydrogens is 212 g/mol. The number of benzene rings is 1. The van der Waals surface area contributed by atoms with Crippen LogP contribution >= 0.6 is 0 Å². The number of rotatable bonds is 1. The zero-order valence-electron chi connectivity index (χ0n) is 9.81. The van der Waals surface area contributed by atoms with E-state index in [4.69, 9.17) is 5.26 Å². The molecule has 1 aromatic rings. The lowest BCUT2D eigenvalue weighted by molar-refractivity contribution is -0.118. The highest BCUT2D eigenvalue weighted by Gasteiger charge is 2.39. The molecular formula is C14H14N2O. The van der Waals surface area contributed by atoms with Gasteiger partial charge in [0, 0.05) is 25.1 Å². The third-order valence-electron chi connectivity index (χ3n) is 3.83. The highest BCUT2D eigenvalue weighted by Crippen LogP contribution is 2.47. The second-order valence-electron chi connectivity index (χ2n) is 4.92. The van der Waals surface area contributed by atoms with Crippen LogP contribution in [0.1, 0.15) is 29.9 Å². The molecule has 2 atom stereocenters. The highest BCUT2D eigenvalue weighted by molar-refractivity contribution is 5.95. The standard InChI is InChI=1S/C14H14N2O/c1-16-13-4-2-9(12-7-11(12)8-15)6-10(13)3-5-14(16)17/h2,4,6,11-12H,3,5,7H2,1H3. The van der Waals surface area contributed by atoms with Gasteiger partial charge < -0.3 is 4.90 Å². The van der Waals surface area contributed by atoms with Crippen molar-refractivity contribution in [3.8, 4) is 6.07 Å². The van der Waals surface area contributed by atoms with Crippen molar-refractivity contribution in [2.75, 3.05) is 11.9 Å². The van der Waals surface area contributed by atoms with Crippen LogP contribution in [0.15, 0.2) is 18.2 Å². The molecule has 0 spiro atoms. The molecule has 0 bridgehead atoms. The van der Waals surface area contributed by atoms with Gasteiger partial charge in [-0.25, -0.2) is 0 Å². The fraction of sp³-hybridized carbons (Fsp3) is 0.429. The second kappa shape index (κ2) is 3.59. The maximum absolute atomic E-state index is 11.6. The lowest BCUT2D eigenvalue weighted by Gasteiger charge is -2.26. The zero-order valence-corrected chi connectivity index (χ0v) is 9.81. The first-order valence-corrected chi connectivity index (χ1v) is 5.99. The smallest absolute Gasteiger partial charge is 0.227 e. The number of nitriles is 1. The summed E-state index contributed by atoms with van der Waals surface area (Å²) in [5.74, 6) is 0.816. The average Bonchev–Trinajstić information content (AvgIpc) is 3.13. The minimum atomic E-state index is 0.187. The fourth-order valence-corrected chi connectivity index (χ4v) is 2.61. The Morgan fingerprint density at radius 3 is 2.94 bits per heavy atom. The monoisotopic (exact) mass is 226 g/mol. The first-order chi connectivity index (χ1) is 8.20. The van der Waals surface area contributed by atoms with Crippen molar-refractivity contribution in [1.29, 1.82) is 5.26 Å². The van der Waals surface area contributed by atoms with Crippen LogP contribution in [0.3, 0.4) is 0 Å². The Morgan fingerprint density at radius 1 is 1.41 bits per heavy atom. The highest BCUT2D eigenvalue weighted by atomic mass is 16.2. The van der Waals surface area contributed by atoms with Gasteiger partial charge in [0.05, 0.1) is 12.0 Å². The van der Waals surface area contributed by atoms with Gasteiger partial charge in [0.2, 0.25) is 5.91 Å². The van der Waals surface area contributed by atoms with Gasteiger partial charge in [0.15, 0.2) is 0 Å². The van der Waals surface area contributed by atoms with E-state index in [2.05, 4.69) is 18.2 Å². The Labute approximate surface area is 101 Å². The van der Waals surface area contributed by atoms with Crippen LogP contribution in [0.5, 0.6) is 0 Å². The predicted molar refractivity (Wildman–Crippen MR) is 64.6 cm³/mol. The van der Waals surface area contributed by atoms with Gasteiger partial charge in [0.25, 0.3) is 0 Å². The zero-order chi connectivity index (χ0) is 12.0. The Kier molecular flexibility index (Phi) is 2.19. The number of carbonyl (C=O) groups excluding carboxylic acids is 1. The van der Waals surface area contributed by atoms with E-state index >= 15 is 0 Å². The number of hydrogen-bond donors (Lipinski definition) is 0. The van der Waals surface area contributed by atoms with Crippen molar-refractivity contribution in [3.05, 3.63) is 29.3 Å². The summed E-state index contributed by atoms with van der Waals surface area (Å²) in [5.41, 5.74) is 3.53. The van der Waals surface area contributed by atoms with Crippen LogP contribution in [0.4, 0.5) is 5.69 Å². The molecule has 3 nitrogen and oxygen atoms in total. The number of hydrogen-bond acceptors (Lipinski definition) is 2. The molecule has 1 heterocycles. The minimum Gasteiger partial charge on any atom is -0.315 e. The number of anilines is 1. The molecule has 0 radical (unpaired) electrons. The van der Waals surface area contributed by atoms with Gasteiger partial charge in [-0.05, 0) is 30.0 Å². The summed E-state index contributed by atoms with van der Waals surface area (Å²) < 4.78 is 0. The lowest BCUT2D eigenvalue weighted by atomic mass is 9.97. The van der Waals surface area contributed by atoms with Gasteiger partial charge in [-0.15, -0.1) is 0 Å². The number of nitrogens with zero attached hydrogens (tertiary/aromatic N) is 2. The van der Waals surface area contributed by atoms with Gasteiger partial charge in [0.1, 0.15) is 0 Å². The summed E-state index contributed by atoms with van der Waals surface area (Å²) in [7, 11) is 1.83. The summed E-state index contributed by atoms with van der Waals surface area (Å²) >= 11 is 0. The molecule has 1 saturated carbocycles. The minimum absolute atomic E-state index is 0.187. The largest absolute Gasteiger partial charge is 0.315 e. The molecule has 2 aliphatic rings. The van der Waals surface area contributed by atoms with Gasteiger partial charge >= 0.3 is 0 Å². The van der Waals surface area contributed by atoms with Crippen LogP contribution in [0, 0.1) is 17.2 Å². The fourth-order valence-electron chi connectivity index (χ4n) is 2.61. The summed E-state index contributed by atoms with van der Waals surface area (Å²) in [5, 5.41) is 8.85. The first kappa shape index (κ1) is 10.3. The molecule has 1 fully saturated rings. The van der Waals surface area contributed by atoms with Gasteiger partial charge in [-0.1, -0.05) is 12.1 Å². The maximum Gasteiger partial charge on any atom is 0.227 e. The Balaban J connectivity index is 1.93. The third kappa shape index (κ3) is 1.61. The number of fused-ring (bicyclic) bond motifs is 1. The van der Waals surface area contributed by atoms with Crippen LogP contribution in [-0.2, 0) is 11.2 Å². The summed E-state index contributed by atoms with van der Waals surface area (Å²) in [6.07, 6.45) is 2.42. The lowest BCUT2D eigenvalue weighted by Crippen LogP contribution is -2.31. The molecule has 1 aliphatic carbocycles. The summed E-state index contributed by atoms with van der Waals surface area (Å²) in [6.45, 7) is 0. The van der Waals surface area contributed by atoms with Crippen molar-refractivity contribution < 1.29 is 4.79 Å². The molecule has 3 heteroatoms. The van der Waals surface area contributed by atoms with Crippen LogP contribution in [0.25, 0.3) is 0 Å². The first-order valence-electron chi connectivity index (χ1n) is 5.99. The van der Waals surface area contributed by atoms with Crippen molar-refractivity contribution >= 4 is 11.6 Å². The normalized spacial score (nSPS) is 26.4. The van der Waals surface area contributed by atoms with E-state index in [9.17, 15) is 4.79 Å². The number of amides is 1. The molecule has 0 saturated heterocycles. The molecule has 0 N–H and O–H groups in total. The van der Waals surface area contributed by atoms with E-state index in [0.29, 0.717) is 12.3 Å². The molecule has 1 aliphatic heterocycles.